The quantitative estimate of drug-likeness (QED) is 0.477. The van der Waals surface area contributed by atoms with E-state index in [1.54, 1.807) is 0 Å². The highest BCUT2D eigenvalue weighted by Gasteiger charge is 2.14. The molecule has 0 aliphatic carbocycles. The average Bonchev–Trinajstić information content (AvgIpc) is 2.53. The number of nitro groups is 1. The molecule has 0 aliphatic heterocycles. The lowest BCUT2D eigenvalue weighted by Crippen LogP contribution is -1.98. The molecule has 2 rings (SSSR count). The number of rotatable bonds is 5. The van der Waals surface area contributed by atoms with Crippen LogP contribution in [0.15, 0.2) is 36.4 Å². The van der Waals surface area contributed by atoms with E-state index in [-0.39, 0.29) is 22.4 Å². The molecule has 0 saturated heterocycles. The molecule has 21 heavy (non-hydrogen) atoms. The zero-order valence-electron chi connectivity index (χ0n) is 10.7. The minimum Gasteiger partial charge on any atom is -0.298 e. The van der Waals surface area contributed by atoms with Crippen LogP contribution in [-0.2, 0) is 0 Å². The summed E-state index contributed by atoms with van der Waals surface area (Å²) in [6.07, 6.45) is 1.62. The highest BCUT2D eigenvalue weighted by molar-refractivity contribution is 5.99. The number of hydrogen-bond donors (Lipinski definition) is 0. The third-order valence-corrected chi connectivity index (χ3v) is 2.98. The molecule has 2 aromatic carbocycles. The SMILES string of the molecule is O=Cc1cc(C=O)c(-c2ccc([N+](=O)[O-])cc2)c(C=O)c1. The Bertz CT molecular complexity index is 705. The van der Waals surface area contributed by atoms with Gasteiger partial charge in [0.1, 0.15) is 6.29 Å². The minimum absolute atomic E-state index is 0.0939. The second-order valence-corrected chi connectivity index (χ2v) is 4.23. The fourth-order valence-electron chi connectivity index (χ4n) is 2.05. The molecule has 0 bridgehead atoms. The highest BCUT2D eigenvalue weighted by Crippen LogP contribution is 2.28. The van der Waals surface area contributed by atoms with E-state index in [4.69, 9.17) is 0 Å². The Morgan fingerprint density at radius 1 is 0.857 bits per heavy atom. The number of hydrogen-bond acceptors (Lipinski definition) is 5. The van der Waals surface area contributed by atoms with Crippen LogP contribution in [0.3, 0.4) is 0 Å². The van der Waals surface area contributed by atoms with Gasteiger partial charge < -0.3 is 0 Å². The normalized spacial score (nSPS) is 9.90. The van der Waals surface area contributed by atoms with Gasteiger partial charge in [0, 0.05) is 34.4 Å². The van der Waals surface area contributed by atoms with Crippen LogP contribution in [0, 0.1) is 10.1 Å². The standard InChI is InChI=1S/C15H9NO5/c17-7-10-5-12(8-18)15(13(6-10)9-19)11-1-3-14(4-2-11)16(20)21/h1-9H. The zero-order valence-corrected chi connectivity index (χ0v) is 10.7. The van der Waals surface area contributed by atoms with Crippen LogP contribution in [0.25, 0.3) is 11.1 Å². The Morgan fingerprint density at radius 2 is 1.38 bits per heavy atom. The Hall–Kier alpha value is -3.15. The summed E-state index contributed by atoms with van der Waals surface area (Å²) in [5, 5.41) is 10.6. The van der Waals surface area contributed by atoms with Crippen molar-refractivity contribution in [1.29, 1.82) is 0 Å². The van der Waals surface area contributed by atoms with Crippen LogP contribution < -0.4 is 0 Å². The van der Waals surface area contributed by atoms with Crippen molar-refractivity contribution in [2.75, 3.05) is 0 Å². The molecule has 104 valence electrons. The summed E-state index contributed by atoms with van der Waals surface area (Å²) in [5.41, 5.74) is 1.31. The Kier molecular flexibility index (Phi) is 3.99. The number of nitro benzene ring substituents is 1. The van der Waals surface area contributed by atoms with Crippen molar-refractivity contribution in [3.05, 3.63) is 63.2 Å². The van der Waals surface area contributed by atoms with Crippen molar-refractivity contribution < 1.29 is 19.3 Å². The lowest BCUT2D eigenvalue weighted by molar-refractivity contribution is -0.384. The summed E-state index contributed by atoms with van der Waals surface area (Å²) < 4.78 is 0. The first-order chi connectivity index (χ1) is 10.1. The van der Waals surface area contributed by atoms with Gasteiger partial charge in [-0.3, -0.25) is 24.5 Å². The van der Waals surface area contributed by atoms with Gasteiger partial charge in [-0.05, 0) is 29.8 Å². The summed E-state index contributed by atoms with van der Waals surface area (Å²) >= 11 is 0. The molecule has 0 amide bonds. The molecule has 0 spiro atoms. The molecule has 0 heterocycles. The molecule has 0 fully saturated rings. The predicted octanol–water partition coefficient (Wildman–Crippen LogP) is 2.70. The van der Waals surface area contributed by atoms with E-state index in [9.17, 15) is 24.5 Å². The summed E-state index contributed by atoms with van der Waals surface area (Å²) in [6.45, 7) is 0. The van der Waals surface area contributed by atoms with E-state index in [2.05, 4.69) is 0 Å². The average molecular weight is 283 g/mol. The molecule has 0 radical (unpaired) electrons. The van der Waals surface area contributed by atoms with E-state index in [0.717, 1.165) is 0 Å². The lowest BCUT2D eigenvalue weighted by Gasteiger charge is -2.09. The fourth-order valence-corrected chi connectivity index (χ4v) is 2.05. The number of aldehydes is 3. The number of nitrogens with zero attached hydrogens (tertiary/aromatic N) is 1. The molecule has 0 saturated carbocycles. The Balaban J connectivity index is 2.66. The third-order valence-electron chi connectivity index (χ3n) is 2.98. The molecular formula is C15H9NO5. The van der Waals surface area contributed by atoms with Crippen LogP contribution in [0.2, 0.25) is 0 Å². The number of carbonyl (C=O) groups excluding carboxylic acids is 3. The van der Waals surface area contributed by atoms with Crippen LogP contribution >= 0.6 is 0 Å². The maximum atomic E-state index is 11.2. The second kappa shape index (κ2) is 5.87. The summed E-state index contributed by atoms with van der Waals surface area (Å²) in [6, 6.07) is 8.20. The van der Waals surface area contributed by atoms with Gasteiger partial charge in [0.15, 0.2) is 12.6 Å². The Labute approximate surface area is 119 Å². The molecule has 2 aromatic rings. The van der Waals surface area contributed by atoms with Crippen molar-refractivity contribution in [3.8, 4) is 11.1 Å². The third kappa shape index (κ3) is 2.74. The highest BCUT2D eigenvalue weighted by atomic mass is 16.6. The number of benzene rings is 2. The van der Waals surface area contributed by atoms with E-state index < -0.39 is 4.92 Å². The van der Waals surface area contributed by atoms with E-state index in [1.807, 2.05) is 0 Å². The van der Waals surface area contributed by atoms with Crippen LogP contribution in [-0.4, -0.2) is 23.8 Å². The first-order valence-electron chi connectivity index (χ1n) is 5.89. The van der Waals surface area contributed by atoms with Gasteiger partial charge in [-0.1, -0.05) is 0 Å². The second-order valence-electron chi connectivity index (χ2n) is 4.23. The predicted molar refractivity (Wildman–Crippen MR) is 74.7 cm³/mol. The number of carbonyl (C=O) groups is 3. The topological polar surface area (TPSA) is 94.3 Å². The fraction of sp³-hybridized carbons (Fsp3) is 0. The molecule has 0 aromatic heterocycles. The van der Waals surface area contributed by atoms with E-state index in [0.29, 0.717) is 30.0 Å². The van der Waals surface area contributed by atoms with Crippen molar-refractivity contribution in [3.63, 3.8) is 0 Å². The zero-order chi connectivity index (χ0) is 15.4. The number of non-ortho nitro benzene ring substituents is 1. The molecule has 0 N–H and O–H groups in total. The Morgan fingerprint density at radius 3 is 1.76 bits per heavy atom. The summed E-state index contributed by atoms with van der Waals surface area (Å²) in [7, 11) is 0. The largest absolute Gasteiger partial charge is 0.298 e. The van der Waals surface area contributed by atoms with Crippen molar-refractivity contribution in [2.24, 2.45) is 0 Å². The van der Waals surface area contributed by atoms with Gasteiger partial charge in [0.2, 0.25) is 0 Å². The van der Waals surface area contributed by atoms with Crippen LogP contribution in [0.4, 0.5) is 5.69 Å². The summed E-state index contributed by atoms with van der Waals surface area (Å²) in [5.74, 6) is 0. The molecule has 0 aliphatic rings. The molecule has 6 nitrogen and oxygen atoms in total. The summed E-state index contributed by atoms with van der Waals surface area (Å²) in [4.78, 5) is 43.2. The van der Waals surface area contributed by atoms with Gasteiger partial charge in [-0.15, -0.1) is 0 Å². The van der Waals surface area contributed by atoms with Crippen molar-refractivity contribution >= 4 is 24.5 Å². The van der Waals surface area contributed by atoms with E-state index >= 15 is 0 Å². The van der Waals surface area contributed by atoms with Crippen molar-refractivity contribution in [1.82, 2.24) is 0 Å². The monoisotopic (exact) mass is 283 g/mol. The molecule has 6 heteroatoms. The molecule has 0 unspecified atom stereocenters. The maximum Gasteiger partial charge on any atom is 0.269 e. The molecular weight excluding hydrogens is 274 g/mol. The minimum atomic E-state index is -0.541. The lowest BCUT2D eigenvalue weighted by atomic mass is 9.93. The van der Waals surface area contributed by atoms with Gasteiger partial charge in [0.05, 0.1) is 4.92 Å². The van der Waals surface area contributed by atoms with Gasteiger partial charge in [-0.2, -0.15) is 0 Å². The van der Waals surface area contributed by atoms with Crippen LogP contribution in [0.5, 0.6) is 0 Å². The first-order valence-corrected chi connectivity index (χ1v) is 5.89. The van der Waals surface area contributed by atoms with Crippen LogP contribution in [0.1, 0.15) is 31.1 Å². The van der Waals surface area contributed by atoms with E-state index in [1.165, 1.54) is 36.4 Å². The van der Waals surface area contributed by atoms with Gasteiger partial charge in [-0.25, -0.2) is 0 Å². The van der Waals surface area contributed by atoms with Crippen molar-refractivity contribution in [2.45, 2.75) is 0 Å². The van der Waals surface area contributed by atoms with Gasteiger partial charge >= 0.3 is 0 Å². The first kappa shape index (κ1) is 14.3. The maximum absolute atomic E-state index is 11.2. The smallest absolute Gasteiger partial charge is 0.269 e. The van der Waals surface area contributed by atoms with Gasteiger partial charge in [0.25, 0.3) is 5.69 Å². The molecule has 0 atom stereocenters.